The molecule has 1 unspecified atom stereocenters. The van der Waals surface area contributed by atoms with Crippen LogP contribution in [-0.4, -0.2) is 62.8 Å². The molecule has 4 aromatic rings. The Morgan fingerprint density at radius 3 is 2.75 bits per heavy atom. The zero-order valence-corrected chi connectivity index (χ0v) is 23.0. The molecule has 9 rings (SSSR count). The third-order valence-electron chi connectivity index (χ3n) is 10.6. The summed E-state index contributed by atoms with van der Waals surface area (Å²) >= 11 is 0. The van der Waals surface area contributed by atoms with Gasteiger partial charge < -0.3 is 23.5 Å². The lowest BCUT2D eigenvalue weighted by Crippen LogP contribution is -2.53. The number of carbonyl (C=O) groups excluding carboxylic acids is 1. The largest absolute Gasteiger partial charge is 0.494 e. The minimum atomic E-state index is 0.132. The van der Waals surface area contributed by atoms with Crippen LogP contribution in [0.15, 0.2) is 36.5 Å². The van der Waals surface area contributed by atoms with Gasteiger partial charge in [-0.05, 0) is 92.5 Å². The summed E-state index contributed by atoms with van der Waals surface area (Å²) in [6, 6.07) is 11.0. The zero-order chi connectivity index (χ0) is 26.5. The Balaban J connectivity index is 1.22. The van der Waals surface area contributed by atoms with Crippen molar-refractivity contribution in [2.75, 3.05) is 26.9 Å². The number of amides is 1. The molecule has 3 aromatic heterocycles. The standard InChI is InChI=1S/C32H35N5O3/c1-39-27-15-21(32(38)36-17-22-11-20-14-25(36)28(20)22)12-24-29(27)37(23-6-9-40-10-7-23)31(34-24)26-13-19-3-2-8-33-30(19)35(26)16-18-4-5-18/h2-3,8,12-13,15,18,20,22-23,25,28H,4-7,9-11,14,16-17H2,1H3/t20?,22-,25-,28-/m1/s1. The maximum absolute atomic E-state index is 13.9. The summed E-state index contributed by atoms with van der Waals surface area (Å²) in [6.07, 6.45) is 8.73. The normalized spacial score (nSPS) is 27.6. The molecular formula is C32H35N5O3. The van der Waals surface area contributed by atoms with Crippen LogP contribution in [0.5, 0.6) is 5.75 Å². The average Bonchev–Trinajstić information content (AvgIpc) is 3.61. The number of aromatic nitrogens is 4. The van der Waals surface area contributed by atoms with Crippen molar-refractivity contribution in [1.29, 1.82) is 0 Å². The van der Waals surface area contributed by atoms with E-state index in [9.17, 15) is 4.79 Å². The third-order valence-corrected chi connectivity index (χ3v) is 10.6. The Kier molecular flexibility index (Phi) is 4.99. The van der Waals surface area contributed by atoms with Gasteiger partial charge in [-0.25, -0.2) is 9.97 Å². The first-order valence-corrected chi connectivity index (χ1v) is 15.1. The topological polar surface area (TPSA) is 74.4 Å². The van der Waals surface area contributed by atoms with Gasteiger partial charge >= 0.3 is 0 Å². The van der Waals surface area contributed by atoms with Gasteiger partial charge in [-0.1, -0.05) is 0 Å². The zero-order valence-electron chi connectivity index (χ0n) is 23.0. The lowest BCUT2D eigenvalue weighted by molar-refractivity contribution is -0.0204. The molecule has 5 aliphatic rings. The van der Waals surface area contributed by atoms with Gasteiger partial charge in [-0.15, -0.1) is 0 Å². The average molecular weight is 538 g/mol. The van der Waals surface area contributed by atoms with Crippen molar-refractivity contribution in [1.82, 2.24) is 24.0 Å². The SMILES string of the molecule is COc1cc(C(=O)N2C[C@H]3CC4C[C@@H]2[C@H]43)cc2nc(-c3cc4cccnc4n3CC3CC3)n(C3CCOCC3)c12. The summed E-state index contributed by atoms with van der Waals surface area (Å²) in [4.78, 5) is 26.1. The number of likely N-dealkylation sites (tertiary alicyclic amines) is 1. The summed E-state index contributed by atoms with van der Waals surface area (Å²) in [5.74, 6) is 4.80. The van der Waals surface area contributed by atoms with Crippen molar-refractivity contribution in [2.24, 2.45) is 23.7 Å². The molecule has 4 atom stereocenters. The summed E-state index contributed by atoms with van der Waals surface area (Å²) < 4.78 is 16.5. The molecule has 3 saturated carbocycles. The summed E-state index contributed by atoms with van der Waals surface area (Å²) in [6.45, 7) is 3.32. The van der Waals surface area contributed by atoms with Crippen LogP contribution >= 0.6 is 0 Å². The molecule has 40 heavy (non-hydrogen) atoms. The van der Waals surface area contributed by atoms with E-state index in [1.54, 1.807) is 7.11 Å². The molecular weight excluding hydrogens is 502 g/mol. The first kappa shape index (κ1) is 23.3. The number of hydrogen-bond donors (Lipinski definition) is 0. The minimum Gasteiger partial charge on any atom is -0.494 e. The number of methoxy groups -OCH3 is 1. The minimum absolute atomic E-state index is 0.132. The molecule has 2 aliphatic heterocycles. The van der Waals surface area contributed by atoms with Gasteiger partial charge in [0.25, 0.3) is 5.91 Å². The first-order valence-electron chi connectivity index (χ1n) is 15.1. The number of rotatable bonds is 6. The molecule has 8 nitrogen and oxygen atoms in total. The van der Waals surface area contributed by atoms with E-state index in [-0.39, 0.29) is 11.9 Å². The van der Waals surface area contributed by atoms with Gasteiger partial charge in [0.05, 0.1) is 18.3 Å². The van der Waals surface area contributed by atoms with Gasteiger partial charge in [0.2, 0.25) is 0 Å². The van der Waals surface area contributed by atoms with Crippen LogP contribution in [0.1, 0.15) is 54.9 Å². The van der Waals surface area contributed by atoms with Crippen molar-refractivity contribution in [3.63, 3.8) is 0 Å². The molecule has 1 aromatic carbocycles. The Hall–Kier alpha value is -3.39. The number of hydrogen-bond acceptors (Lipinski definition) is 5. The van der Waals surface area contributed by atoms with Crippen LogP contribution in [-0.2, 0) is 11.3 Å². The smallest absolute Gasteiger partial charge is 0.254 e. The highest BCUT2D eigenvalue weighted by atomic mass is 16.5. The Labute approximate surface area is 233 Å². The molecule has 2 saturated heterocycles. The third kappa shape index (κ3) is 3.31. The summed E-state index contributed by atoms with van der Waals surface area (Å²) in [7, 11) is 1.71. The van der Waals surface area contributed by atoms with E-state index in [1.165, 1.54) is 25.7 Å². The van der Waals surface area contributed by atoms with E-state index in [2.05, 4.69) is 26.2 Å². The van der Waals surface area contributed by atoms with Crippen molar-refractivity contribution in [2.45, 2.75) is 57.2 Å². The molecule has 0 N–H and O–H groups in total. The fraction of sp³-hybridized carbons (Fsp3) is 0.531. The highest BCUT2D eigenvalue weighted by molar-refractivity contribution is 6.00. The predicted molar refractivity (Wildman–Crippen MR) is 151 cm³/mol. The Morgan fingerprint density at radius 1 is 1.10 bits per heavy atom. The van der Waals surface area contributed by atoms with Crippen molar-refractivity contribution < 1.29 is 14.3 Å². The fourth-order valence-corrected chi connectivity index (χ4v) is 8.33. The van der Waals surface area contributed by atoms with Crippen LogP contribution in [0.25, 0.3) is 33.6 Å². The maximum Gasteiger partial charge on any atom is 0.254 e. The molecule has 206 valence electrons. The van der Waals surface area contributed by atoms with Crippen molar-refractivity contribution >= 4 is 28.0 Å². The molecule has 5 heterocycles. The number of fused-ring (bicyclic) bond motifs is 2. The molecule has 0 radical (unpaired) electrons. The van der Waals surface area contributed by atoms with Crippen LogP contribution < -0.4 is 4.74 Å². The van der Waals surface area contributed by atoms with E-state index < -0.39 is 0 Å². The lowest BCUT2D eigenvalue weighted by atomic mass is 9.53. The second-order valence-electron chi connectivity index (χ2n) is 12.8. The van der Waals surface area contributed by atoms with E-state index in [4.69, 9.17) is 19.4 Å². The van der Waals surface area contributed by atoms with Gasteiger partial charge in [0.1, 0.15) is 16.9 Å². The second kappa shape index (κ2) is 8.56. The monoisotopic (exact) mass is 537 g/mol. The van der Waals surface area contributed by atoms with E-state index in [1.807, 2.05) is 24.4 Å². The quantitative estimate of drug-likeness (QED) is 0.334. The van der Waals surface area contributed by atoms with Crippen LogP contribution in [0.2, 0.25) is 0 Å². The van der Waals surface area contributed by atoms with Gasteiger partial charge in [0.15, 0.2) is 5.82 Å². The molecule has 5 fully saturated rings. The number of nitrogens with zero attached hydrogens (tertiary/aromatic N) is 5. The van der Waals surface area contributed by atoms with Crippen molar-refractivity contribution in [3.05, 3.63) is 42.1 Å². The van der Waals surface area contributed by atoms with E-state index in [0.717, 1.165) is 90.3 Å². The number of carbonyl (C=O) groups is 1. The number of benzene rings is 1. The molecule has 0 spiro atoms. The lowest BCUT2D eigenvalue weighted by Gasteiger charge is -2.52. The van der Waals surface area contributed by atoms with Crippen LogP contribution in [0.4, 0.5) is 0 Å². The van der Waals surface area contributed by atoms with Gasteiger partial charge in [0, 0.05) is 55.5 Å². The van der Waals surface area contributed by atoms with Crippen LogP contribution in [0, 0.1) is 23.7 Å². The molecule has 8 heteroatoms. The van der Waals surface area contributed by atoms with Gasteiger partial charge in [-0.2, -0.15) is 0 Å². The molecule has 0 bridgehead atoms. The molecule has 1 amide bonds. The second-order valence-corrected chi connectivity index (χ2v) is 12.8. The summed E-state index contributed by atoms with van der Waals surface area (Å²) in [5.41, 5.74) is 4.60. The fourth-order valence-electron chi connectivity index (χ4n) is 8.33. The number of pyridine rings is 1. The predicted octanol–water partition coefficient (Wildman–Crippen LogP) is 5.30. The molecule has 3 aliphatic carbocycles. The Morgan fingerprint density at radius 2 is 1.98 bits per heavy atom. The van der Waals surface area contributed by atoms with Gasteiger partial charge in [-0.3, -0.25) is 4.79 Å². The van der Waals surface area contributed by atoms with E-state index in [0.29, 0.717) is 23.4 Å². The maximum atomic E-state index is 13.9. The summed E-state index contributed by atoms with van der Waals surface area (Å²) in [5, 5.41) is 1.13. The van der Waals surface area contributed by atoms with Crippen molar-refractivity contribution in [3.8, 4) is 17.3 Å². The van der Waals surface area contributed by atoms with E-state index >= 15 is 0 Å². The highest BCUT2D eigenvalue weighted by Crippen LogP contribution is 2.60. The van der Waals surface area contributed by atoms with Crippen LogP contribution in [0.3, 0.4) is 0 Å². The highest BCUT2D eigenvalue weighted by Gasteiger charge is 2.61. The number of ether oxygens (including phenoxy) is 2. The first-order chi connectivity index (χ1) is 19.7. The number of imidazole rings is 1. The Bertz CT molecular complexity index is 1660.